The summed E-state index contributed by atoms with van der Waals surface area (Å²) in [6.45, 7) is 2.85. The van der Waals surface area contributed by atoms with Gasteiger partial charge in [-0.1, -0.05) is 36.4 Å². The second-order valence-corrected chi connectivity index (χ2v) is 8.16. The van der Waals surface area contributed by atoms with Crippen molar-refractivity contribution in [1.29, 1.82) is 0 Å². The predicted molar refractivity (Wildman–Crippen MR) is 109 cm³/mol. The molecule has 4 nitrogen and oxygen atoms in total. The van der Waals surface area contributed by atoms with Crippen molar-refractivity contribution >= 4 is 11.6 Å². The fourth-order valence-electron chi connectivity index (χ4n) is 4.09. The fourth-order valence-corrected chi connectivity index (χ4v) is 4.09. The molecule has 2 atom stereocenters. The van der Waals surface area contributed by atoms with Gasteiger partial charge in [0.2, 0.25) is 5.91 Å². The summed E-state index contributed by atoms with van der Waals surface area (Å²) >= 11 is 0. The molecule has 4 rings (SSSR count). The molecule has 2 aromatic rings. The average Bonchev–Trinajstić information content (AvgIpc) is 3.53. The number of quaternary nitrogens is 1. The van der Waals surface area contributed by atoms with E-state index in [-0.39, 0.29) is 17.9 Å². The maximum absolute atomic E-state index is 12.2. The first-order valence-corrected chi connectivity index (χ1v) is 10.1. The van der Waals surface area contributed by atoms with Crippen LogP contribution in [0.15, 0.2) is 48.5 Å². The van der Waals surface area contributed by atoms with Gasteiger partial charge in [0.05, 0.1) is 13.1 Å². The van der Waals surface area contributed by atoms with Gasteiger partial charge in [-0.2, -0.15) is 0 Å². The first-order valence-electron chi connectivity index (χ1n) is 10.1. The lowest BCUT2D eigenvalue weighted by atomic mass is 9.96. The number of anilines is 1. The van der Waals surface area contributed by atoms with Crippen LogP contribution in [0.3, 0.4) is 0 Å². The van der Waals surface area contributed by atoms with Gasteiger partial charge >= 0.3 is 0 Å². The van der Waals surface area contributed by atoms with Crippen LogP contribution in [-0.2, 0) is 17.8 Å². The second kappa shape index (κ2) is 7.73. The third-order valence-electron chi connectivity index (χ3n) is 5.98. The van der Waals surface area contributed by atoms with Gasteiger partial charge in [-0.15, -0.1) is 0 Å². The highest BCUT2D eigenvalue weighted by molar-refractivity contribution is 5.80. The third kappa shape index (κ3) is 4.16. The van der Waals surface area contributed by atoms with E-state index in [0.717, 1.165) is 32.4 Å². The molecule has 0 radical (unpaired) electrons. The van der Waals surface area contributed by atoms with Crippen LogP contribution in [0.4, 0.5) is 5.69 Å². The van der Waals surface area contributed by atoms with Gasteiger partial charge in [-0.05, 0) is 30.5 Å². The van der Waals surface area contributed by atoms with Gasteiger partial charge in [0, 0.05) is 43.2 Å². The van der Waals surface area contributed by atoms with E-state index in [4.69, 9.17) is 0 Å². The molecular weight excluding hydrogens is 334 g/mol. The van der Waals surface area contributed by atoms with E-state index < -0.39 is 0 Å². The summed E-state index contributed by atoms with van der Waals surface area (Å²) in [5, 5.41) is 3.23. The summed E-state index contributed by atoms with van der Waals surface area (Å²) in [4.78, 5) is 15.9. The molecule has 2 aromatic carbocycles. The van der Waals surface area contributed by atoms with E-state index in [1.165, 1.54) is 22.4 Å². The number of amides is 1. The van der Waals surface area contributed by atoms with Gasteiger partial charge in [0.1, 0.15) is 12.6 Å². The minimum Gasteiger partial charge on any atom is -0.378 e. The van der Waals surface area contributed by atoms with Crippen molar-refractivity contribution in [2.24, 2.45) is 5.92 Å². The largest absolute Gasteiger partial charge is 0.378 e. The van der Waals surface area contributed by atoms with Gasteiger partial charge < -0.3 is 15.1 Å². The lowest BCUT2D eigenvalue weighted by Gasteiger charge is -2.33. The molecule has 27 heavy (non-hydrogen) atoms. The van der Waals surface area contributed by atoms with Crippen molar-refractivity contribution in [2.45, 2.75) is 31.8 Å². The zero-order valence-electron chi connectivity index (χ0n) is 16.4. The third-order valence-corrected chi connectivity index (χ3v) is 5.98. The summed E-state index contributed by atoms with van der Waals surface area (Å²) in [6.07, 6.45) is 3.21. The second-order valence-electron chi connectivity index (χ2n) is 8.16. The van der Waals surface area contributed by atoms with Gasteiger partial charge in [0.15, 0.2) is 0 Å². The number of nitrogens with zero attached hydrogens (tertiary/aromatic N) is 1. The first kappa shape index (κ1) is 18.1. The van der Waals surface area contributed by atoms with Crippen LogP contribution in [0.5, 0.6) is 0 Å². The molecule has 4 heteroatoms. The number of benzene rings is 2. The molecule has 2 N–H and O–H groups in total. The van der Waals surface area contributed by atoms with Crippen molar-refractivity contribution in [3.8, 4) is 0 Å². The van der Waals surface area contributed by atoms with Gasteiger partial charge in [-0.25, -0.2) is 0 Å². The van der Waals surface area contributed by atoms with Gasteiger partial charge in [0.25, 0.3) is 0 Å². The number of rotatable bonds is 6. The zero-order valence-corrected chi connectivity index (χ0v) is 16.4. The normalized spacial score (nSPS) is 19.9. The van der Waals surface area contributed by atoms with Crippen molar-refractivity contribution in [3.05, 3.63) is 65.2 Å². The molecule has 1 amide bonds. The highest BCUT2D eigenvalue weighted by Crippen LogP contribution is 2.29. The molecule has 1 aliphatic carbocycles. The SMILES string of the molecule is CN(C)c1ccc([C@@H](CNC(=O)C2CC2)[NH+]2CCc3ccccc3C2)cc1. The Labute approximate surface area is 162 Å². The standard InChI is InChI=1S/C23H29N3O/c1-25(2)21-11-9-18(10-12-21)22(15-24-23(27)19-7-8-19)26-14-13-17-5-3-4-6-20(17)16-26/h3-6,9-12,19,22H,7-8,13-16H2,1-2H3,(H,24,27)/p+1/t22-/m1/s1. The fraction of sp³-hybridized carbons (Fsp3) is 0.435. The molecular formula is C23H30N3O+. The van der Waals surface area contributed by atoms with Crippen molar-refractivity contribution in [3.63, 3.8) is 0 Å². The van der Waals surface area contributed by atoms with E-state index in [0.29, 0.717) is 6.54 Å². The Hall–Kier alpha value is -2.33. The molecule has 0 saturated heterocycles. The van der Waals surface area contributed by atoms with Crippen LogP contribution >= 0.6 is 0 Å². The molecule has 0 aromatic heterocycles. The lowest BCUT2D eigenvalue weighted by Crippen LogP contribution is -3.12. The number of fused-ring (bicyclic) bond motifs is 1. The molecule has 1 unspecified atom stereocenters. The highest BCUT2D eigenvalue weighted by atomic mass is 16.2. The van der Waals surface area contributed by atoms with Crippen LogP contribution in [0.1, 0.15) is 35.6 Å². The molecule has 0 spiro atoms. The molecule has 1 saturated carbocycles. The monoisotopic (exact) mass is 364 g/mol. The quantitative estimate of drug-likeness (QED) is 0.822. The number of carbonyl (C=O) groups is 1. The Morgan fingerprint density at radius 3 is 2.48 bits per heavy atom. The average molecular weight is 365 g/mol. The van der Waals surface area contributed by atoms with E-state index in [1.54, 1.807) is 4.90 Å². The Morgan fingerprint density at radius 1 is 1.11 bits per heavy atom. The van der Waals surface area contributed by atoms with Crippen LogP contribution in [0, 0.1) is 5.92 Å². The van der Waals surface area contributed by atoms with Crippen molar-refractivity contribution in [1.82, 2.24) is 5.32 Å². The topological polar surface area (TPSA) is 36.8 Å². The van der Waals surface area contributed by atoms with Crippen LogP contribution in [0.25, 0.3) is 0 Å². The summed E-state index contributed by atoms with van der Waals surface area (Å²) in [7, 11) is 4.13. The maximum Gasteiger partial charge on any atom is 0.223 e. The summed E-state index contributed by atoms with van der Waals surface area (Å²) in [5.41, 5.74) is 5.44. The first-order chi connectivity index (χ1) is 13.1. The predicted octanol–water partition coefficient (Wildman–Crippen LogP) is 1.96. The van der Waals surface area contributed by atoms with Crippen LogP contribution in [0.2, 0.25) is 0 Å². The molecule has 1 heterocycles. The summed E-state index contributed by atoms with van der Waals surface area (Å²) in [6, 6.07) is 17.9. The van der Waals surface area contributed by atoms with Crippen molar-refractivity contribution in [2.75, 3.05) is 32.1 Å². The van der Waals surface area contributed by atoms with Gasteiger partial charge in [-0.3, -0.25) is 4.79 Å². The van der Waals surface area contributed by atoms with E-state index in [2.05, 4.69) is 72.8 Å². The Morgan fingerprint density at radius 2 is 1.81 bits per heavy atom. The number of hydrogen-bond donors (Lipinski definition) is 2. The van der Waals surface area contributed by atoms with Crippen molar-refractivity contribution < 1.29 is 9.69 Å². The molecule has 0 bridgehead atoms. The molecule has 142 valence electrons. The molecule has 1 aliphatic heterocycles. The smallest absolute Gasteiger partial charge is 0.223 e. The summed E-state index contributed by atoms with van der Waals surface area (Å²) < 4.78 is 0. The number of carbonyl (C=O) groups excluding carboxylic acids is 1. The minimum atomic E-state index is 0.238. The highest BCUT2D eigenvalue weighted by Gasteiger charge is 2.32. The minimum absolute atomic E-state index is 0.238. The van der Waals surface area contributed by atoms with Crippen LogP contribution in [-0.4, -0.2) is 33.1 Å². The Bertz CT molecular complexity index is 796. The van der Waals surface area contributed by atoms with Crippen LogP contribution < -0.4 is 15.1 Å². The Kier molecular flexibility index (Phi) is 5.17. The van der Waals surface area contributed by atoms with E-state index in [9.17, 15) is 4.79 Å². The maximum atomic E-state index is 12.2. The van der Waals surface area contributed by atoms with E-state index in [1.807, 2.05) is 0 Å². The number of nitrogens with one attached hydrogen (secondary N) is 2. The number of hydrogen-bond acceptors (Lipinski definition) is 2. The Balaban J connectivity index is 1.54. The van der Waals surface area contributed by atoms with E-state index >= 15 is 0 Å². The molecule has 2 aliphatic rings. The molecule has 1 fully saturated rings. The lowest BCUT2D eigenvalue weighted by molar-refractivity contribution is -0.945. The zero-order chi connectivity index (χ0) is 18.8. The summed E-state index contributed by atoms with van der Waals surface area (Å²) in [5.74, 6) is 0.501.